The number of para-hydroxylation sites is 1. The molecule has 1 amide bonds. The minimum absolute atomic E-state index is 0.0989. The topological polar surface area (TPSA) is 67.2 Å². The number of halogens is 1. The molecule has 0 radical (unpaired) electrons. The van der Waals surface area contributed by atoms with Crippen LogP contribution in [0.1, 0.15) is 10.4 Å². The Bertz CT molecular complexity index is 1150. The Hall–Kier alpha value is -3.33. The molecule has 0 spiro atoms. The number of carbonyl (C=O) groups is 1. The van der Waals surface area contributed by atoms with Gasteiger partial charge in [0.2, 0.25) is 0 Å². The van der Waals surface area contributed by atoms with Crippen molar-refractivity contribution in [3.63, 3.8) is 0 Å². The van der Waals surface area contributed by atoms with Crippen LogP contribution < -0.4 is 4.90 Å². The molecule has 0 bridgehead atoms. The van der Waals surface area contributed by atoms with Crippen LogP contribution in [0.3, 0.4) is 0 Å². The molecule has 9 heteroatoms. The Morgan fingerprint density at radius 2 is 1.90 bits per heavy atom. The number of anilines is 1. The second kappa shape index (κ2) is 7.25. The molecule has 4 aromatic rings. The lowest BCUT2D eigenvalue weighted by molar-refractivity contribution is 0.0746. The third-order valence-electron chi connectivity index (χ3n) is 4.92. The molecule has 1 aliphatic rings. The summed E-state index contributed by atoms with van der Waals surface area (Å²) < 4.78 is 15.3. The summed E-state index contributed by atoms with van der Waals surface area (Å²) in [5.74, 6) is -0.480. The molecular formula is C20H17FN6OS. The van der Waals surface area contributed by atoms with E-state index in [0.717, 1.165) is 15.5 Å². The summed E-state index contributed by atoms with van der Waals surface area (Å²) in [4.78, 5) is 26.7. The van der Waals surface area contributed by atoms with E-state index in [-0.39, 0.29) is 11.7 Å². The zero-order chi connectivity index (χ0) is 19.8. The van der Waals surface area contributed by atoms with Crippen LogP contribution in [0.15, 0.2) is 55.0 Å². The summed E-state index contributed by atoms with van der Waals surface area (Å²) in [6.45, 7) is 2.58. The van der Waals surface area contributed by atoms with Crippen LogP contribution in [-0.2, 0) is 0 Å². The normalized spacial score (nSPS) is 14.5. The predicted molar refractivity (Wildman–Crippen MR) is 109 cm³/mol. The zero-order valence-electron chi connectivity index (χ0n) is 15.4. The van der Waals surface area contributed by atoms with Gasteiger partial charge in [0.1, 0.15) is 21.9 Å². The van der Waals surface area contributed by atoms with Crippen molar-refractivity contribution in [2.24, 2.45) is 0 Å². The van der Waals surface area contributed by atoms with Crippen molar-refractivity contribution in [3.8, 4) is 5.69 Å². The summed E-state index contributed by atoms with van der Waals surface area (Å²) in [5.41, 5.74) is 1.67. The highest BCUT2D eigenvalue weighted by Crippen LogP contribution is 2.27. The van der Waals surface area contributed by atoms with Crippen LogP contribution >= 0.6 is 11.3 Å². The average molecular weight is 408 g/mol. The van der Waals surface area contributed by atoms with E-state index in [9.17, 15) is 9.18 Å². The van der Waals surface area contributed by atoms with Gasteiger partial charge >= 0.3 is 0 Å². The van der Waals surface area contributed by atoms with E-state index < -0.39 is 0 Å². The number of nitrogens with zero attached hydrogens (tertiary/aromatic N) is 6. The van der Waals surface area contributed by atoms with Gasteiger partial charge in [-0.25, -0.2) is 19.0 Å². The fourth-order valence-electron chi connectivity index (χ4n) is 3.38. The molecule has 1 aliphatic heterocycles. The molecule has 1 aromatic carbocycles. The lowest BCUT2D eigenvalue weighted by Crippen LogP contribution is -2.48. The Morgan fingerprint density at radius 1 is 1.07 bits per heavy atom. The average Bonchev–Trinajstić information content (AvgIpc) is 3.41. The van der Waals surface area contributed by atoms with Gasteiger partial charge in [0, 0.05) is 38.6 Å². The van der Waals surface area contributed by atoms with Crippen molar-refractivity contribution in [2.45, 2.75) is 0 Å². The molecule has 0 atom stereocenters. The number of pyridine rings is 1. The number of amides is 1. The number of hydrogen-bond acceptors (Lipinski definition) is 6. The van der Waals surface area contributed by atoms with Gasteiger partial charge in [0.15, 0.2) is 5.13 Å². The second-order valence-corrected chi connectivity index (χ2v) is 7.68. The first kappa shape index (κ1) is 17.7. The Kier molecular flexibility index (Phi) is 4.44. The minimum Gasteiger partial charge on any atom is -0.344 e. The maximum absolute atomic E-state index is 14.0. The van der Waals surface area contributed by atoms with E-state index in [1.807, 2.05) is 12.1 Å². The van der Waals surface area contributed by atoms with E-state index in [2.05, 4.69) is 20.0 Å². The number of carbonyl (C=O) groups excluding carboxylic acids is 1. The highest BCUT2D eigenvalue weighted by atomic mass is 32.1. The van der Waals surface area contributed by atoms with Crippen molar-refractivity contribution in [3.05, 3.63) is 66.4 Å². The predicted octanol–water partition coefficient (Wildman–Crippen LogP) is 2.98. The molecule has 5 rings (SSSR count). The second-order valence-electron chi connectivity index (χ2n) is 6.73. The number of hydrogen-bond donors (Lipinski definition) is 0. The van der Waals surface area contributed by atoms with E-state index in [1.165, 1.54) is 16.9 Å². The molecule has 1 saturated heterocycles. The molecule has 0 unspecified atom stereocenters. The number of fused-ring (bicyclic) bond motifs is 1. The summed E-state index contributed by atoms with van der Waals surface area (Å²) in [7, 11) is 0. The lowest BCUT2D eigenvalue weighted by Gasteiger charge is -2.34. The zero-order valence-corrected chi connectivity index (χ0v) is 16.2. The summed E-state index contributed by atoms with van der Waals surface area (Å²) in [6.07, 6.45) is 4.83. The van der Waals surface area contributed by atoms with Gasteiger partial charge in [-0.3, -0.25) is 4.79 Å². The van der Waals surface area contributed by atoms with Gasteiger partial charge in [-0.1, -0.05) is 23.5 Å². The van der Waals surface area contributed by atoms with Crippen molar-refractivity contribution in [1.29, 1.82) is 0 Å². The number of piperazine rings is 1. The fraction of sp³-hybridized carbons (Fsp3) is 0.200. The van der Waals surface area contributed by atoms with Crippen molar-refractivity contribution < 1.29 is 9.18 Å². The van der Waals surface area contributed by atoms with Crippen LogP contribution in [0.5, 0.6) is 0 Å². The number of benzene rings is 1. The maximum Gasteiger partial charge on any atom is 0.257 e. The molecule has 1 fully saturated rings. The molecule has 3 aromatic heterocycles. The van der Waals surface area contributed by atoms with Crippen LogP contribution in [0, 0.1) is 5.82 Å². The van der Waals surface area contributed by atoms with Crippen LogP contribution in [0.4, 0.5) is 9.52 Å². The quantitative estimate of drug-likeness (QED) is 0.521. The van der Waals surface area contributed by atoms with Gasteiger partial charge in [-0.05, 0) is 24.3 Å². The molecule has 7 nitrogen and oxygen atoms in total. The van der Waals surface area contributed by atoms with Gasteiger partial charge < -0.3 is 9.80 Å². The van der Waals surface area contributed by atoms with Crippen molar-refractivity contribution in [1.82, 2.24) is 24.6 Å². The number of aromatic nitrogens is 4. The maximum atomic E-state index is 14.0. The van der Waals surface area contributed by atoms with Crippen molar-refractivity contribution in [2.75, 3.05) is 31.1 Å². The first-order valence-corrected chi connectivity index (χ1v) is 10.1. The first-order valence-electron chi connectivity index (χ1n) is 9.24. The largest absolute Gasteiger partial charge is 0.344 e. The summed E-state index contributed by atoms with van der Waals surface area (Å²) >= 11 is 1.56. The van der Waals surface area contributed by atoms with E-state index >= 15 is 0 Å². The smallest absolute Gasteiger partial charge is 0.257 e. The SMILES string of the molecule is O=C(c1cnn(-c2ccccc2F)c1)N1CCN(c2nc3cccnc3s2)CC1. The highest BCUT2D eigenvalue weighted by molar-refractivity contribution is 7.21. The van der Waals surface area contributed by atoms with Crippen LogP contribution in [0.2, 0.25) is 0 Å². The Labute approximate surface area is 170 Å². The molecule has 29 heavy (non-hydrogen) atoms. The first-order chi connectivity index (χ1) is 14.2. The fourth-order valence-corrected chi connectivity index (χ4v) is 4.34. The lowest BCUT2D eigenvalue weighted by atomic mass is 10.2. The third-order valence-corrected chi connectivity index (χ3v) is 5.96. The molecule has 0 N–H and O–H groups in total. The number of rotatable bonds is 3. The number of thiazole rings is 1. The van der Waals surface area contributed by atoms with E-state index in [4.69, 9.17) is 0 Å². The van der Waals surface area contributed by atoms with Gasteiger partial charge in [0.25, 0.3) is 5.91 Å². The van der Waals surface area contributed by atoms with Crippen molar-refractivity contribution >= 4 is 32.7 Å². The van der Waals surface area contributed by atoms with E-state index in [1.54, 1.807) is 46.8 Å². The monoisotopic (exact) mass is 408 g/mol. The van der Waals surface area contributed by atoms with Gasteiger partial charge in [-0.2, -0.15) is 5.10 Å². The van der Waals surface area contributed by atoms with Gasteiger partial charge in [0.05, 0.1) is 11.8 Å². The van der Waals surface area contributed by atoms with Gasteiger partial charge in [-0.15, -0.1) is 0 Å². The molecule has 0 saturated carbocycles. The Balaban J connectivity index is 1.27. The molecular weight excluding hydrogens is 391 g/mol. The van der Waals surface area contributed by atoms with Crippen LogP contribution in [-0.4, -0.2) is 56.7 Å². The van der Waals surface area contributed by atoms with E-state index in [0.29, 0.717) is 37.4 Å². The minimum atomic E-state index is -0.381. The standard InChI is InChI=1S/C20H17FN6OS/c21-15-4-1-2-6-17(15)27-13-14(12-23-27)19(28)25-8-10-26(11-9-25)20-24-16-5-3-7-22-18(16)29-20/h1-7,12-13H,8-11H2. The summed E-state index contributed by atoms with van der Waals surface area (Å²) in [6, 6.07) is 10.2. The third kappa shape index (κ3) is 3.33. The summed E-state index contributed by atoms with van der Waals surface area (Å²) in [5, 5.41) is 5.08. The Morgan fingerprint density at radius 3 is 2.69 bits per heavy atom. The van der Waals surface area contributed by atoms with Crippen LogP contribution in [0.25, 0.3) is 16.0 Å². The molecule has 146 valence electrons. The molecule has 4 heterocycles. The highest BCUT2D eigenvalue weighted by Gasteiger charge is 2.25. The molecule has 0 aliphatic carbocycles.